The van der Waals surface area contributed by atoms with E-state index in [1.165, 1.54) is 6.07 Å². The fourth-order valence-electron chi connectivity index (χ4n) is 2.52. The maximum Gasteiger partial charge on any atom is 0.226 e. The van der Waals surface area contributed by atoms with Crippen LogP contribution in [0.1, 0.15) is 17.0 Å². The third-order valence-corrected chi connectivity index (χ3v) is 3.80. The fourth-order valence-corrected chi connectivity index (χ4v) is 2.52. The van der Waals surface area contributed by atoms with Gasteiger partial charge in [0.05, 0.1) is 23.3 Å². The Morgan fingerprint density at radius 2 is 1.90 bits per heavy atom. The molecule has 0 aliphatic rings. The summed E-state index contributed by atoms with van der Waals surface area (Å²) in [5, 5.41) is 9.26. The fraction of sp³-hybridized carbons (Fsp3) is 0.190. The van der Waals surface area contributed by atoms with E-state index < -0.39 is 0 Å². The molecule has 144 valence electrons. The zero-order chi connectivity index (χ0) is 20.6. The molecule has 8 nitrogen and oxygen atoms in total. The highest BCUT2D eigenvalue weighted by molar-refractivity contribution is 5.66. The molecule has 0 bridgehead atoms. The zero-order valence-corrected chi connectivity index (χ0v) is 15.8. The Morgan fingerprint density at radius 3 is 2.59 bits per heavy atom. The van der Waals surface area contributed by atoms with Crippen molar-refractivity contribution in [2.45, 2.75) is 13.3 Å². The molecular formula is C21H18N6O2. The average molecular weight is 386 g/mol. The second-order valence-electron chi connectivity index (χ2n) is 5.96. The lowest BCUT2D eigenvalue weighted by Crippen LogP contribution is -2.04. The Hall–Kier alpha value is -4.01. The van der Waals surface area contributed by atoms with Gasteiger partial charge in [-0.3, -0.25) is 0 Å². The monoisotopic (exact) mass is 386 g/mol. The first-order valence-electron chi connectivity index (χ1n) is 8.78. The van der Waals surface area contributed by atoms with Crippen molar-refractivity contribution >= 4 is 0 Å². The van der Waals surface area contributed by atoms with Gasteiger partial charge in [-0.15, -0.1) is 6.42 Å². The van der Waals surface area contributed by atoms with Gasteiger partial charge in [-0.25, -0.2) is 9.97 Å². The van der Waals surface area contributed by atoms with E-state index in [2.05, 4.69) is 31.9 Å². The van der Waals surface area contributed by atoms with Gasteiger partial charge in [0.25, 0.3) is 0 Å². The van der Waals surface area contributed by atoms with Gasteiger partial charge in [0.1, 0.15) is 11.6 Å². The van der Waals surface area contributed by atoms with E-state index in [-0.39, 0.29) is 12.5 Å². The van der Waals surface area contributed by atoms with Gasteiger partial charge < -0.3 is 15.2 Å². The number of hydrogen-bond acceptors (Lipinski definition) is 8. The van der Waals surface area contributed by atoms with Gasteiger partial charge in [-0.05, 0) is 43.7 Å². The lowest BCUT2D eigenvalue weighted by atomic mass is 10.1. The third kappa shape index (κ3) is 5.04. The van der Waals surface area contributed by atoms with E-state index in [0.717, 1.165) is 5.56 Å². The molecule has 0 aliphatic carbocycles. The van der Waals surface area contributed by atoms with Crippen molar-refractivity contribution < 1.29 is 9.47 Å². The van der Waals surface area contributed by atoms with Crippen molar-refractivity contribution in [3.05, 3.63) is 53.6 Å². The van der Waals surface area contributed by atoms with E-state index in [1.807, 2.05) is 0 Å². The number of nitrogens with zero attached hydrogens (tertiary/aromatic N) is 5. The van der Waals surface area contributed by atoms with E-state index in [0.29, 0.717) is 47.4 Å². The highest BCUT2D eigenvalue weighted by Gasteiger charge is 2.14. The molecular weight excluding hydrogens is 368 g/mol. The summed E-state index contributed by atoms with van der Waals surface area (Å²) < 4.78 is 11.3. The molecule has 0 saturated carbocycles. The number of benzene rings is 1. The van der Waals surface area contributed by atoms with Crippen LogP contribution in [0.2, 0.25) is 0 Å². The number of aromatic nitrogens is 4. The lowest BCUT2D eigenvalue weighted by Gasteiger charge is -2.12. The molecule has 2 heterocycles. The van der Waals surface area contributed by atoms with E-state index >= 15 is 0 Å². The first-order chi connectivity index (χ1) is 14.1. The Kier molecular flexibility index (Phi) is 6.31. The van der Waals surface area contributed by atoms with Gasteiger partial charge in [0, 0.05) is 12.4 Å². The largest absolute Gasteiger partial charge is 0.464 e. The summed E-state index contributed by atoms with van der Waals surface area (Å²) >= 11 is 0. The van der Waals surface area contributed by atoms with Crippen LogP contribution in [0.25, 0.3) is 11.4 Å². The summed E-state index contributed by atoms with van der Waals surface area (Å²) in [4.78, 5) is 17.2. The van der Waals surface area contributed by atoms with Gasteiger partial charge in [-0.2, -0.15) is 15.2 Å². The minimum atomic E-state index is 0.0774. The third-order valence-electron chi connectivity index (χ3n) is 3.80. The Labute approximate surface area is 168 Å². The summed E-state index contributed by atoms with van der Waals surface area (Å²) in [7, 11) is 0. The number of hydrogen-bond donors (Lipinski definition) is 1. The predicted octanol–water partition coefficient (Wildman–Crippen LogP) is 2.42. The molecule has 0 radical (unpaired) electrons. The second kappa shape index (κ2) is 9.27. The van der Waals surface area contributed by atoms with Crippen LogP contribution in [0, 0.1) is 30.6 Å². The molecule has 0 aliphatic heterocycles. The highest BCUT2D eigenvalue weighted by atomic mass is 16.5. The molecule has 0 unspecified atom stereocenters. The summed E-state index contributed by atoms with van der Waals surface area (Å²) in [5.41, 5.74) is 7.55. The van der Waals surface area contributed by atoms with E-state index in [4.69, 9.17) is 21.6 Å². The van der Waals surface area contributed by atoms with Crippen LogP contribution in [-0.4, -0.2) is 33.1 Å². The predicted molar refractivity (Wildman–Crippen MR) is 106 cm³/mol. The number of nitriles is 1. The van der Waals surface area contributed by atoms with Gasteiger partial charge in [0.2, 0.25) is 11.8 Å². The minimum absolute atomic E-state index is 0.0774. The van der Waals surface area contributed by atoms with Crippen molar-refractivity contribution in [3.8, 4) is 47.3 Å². The summed E-state index contributed by atoms with van der Waals surface area (Å²) in [6.07, 6.45) is 9.35. The van der Waals surface area contributed by atoms with Gasteiger partial charge in [0.15, 0.2) is 12.4 Å². The molecule has 0 atom stereocenters. The zero-order valence-electron chi connectivity index (χ0n) is 15.8. The highest BCUT2D eigenvalue weighted by Crippen LogP contribution is 2.32. The van der Waals surface area contributed by atoms with Crippen LogP contribution >= 0.6 is 0 Å². The van der Waals surface area contributed by atoms with Crippen molar-refractivity contribution in [1.82, 2.24) is 19.9 Å². The maximum atomic E-state index is 9.26. The van der Waals surface area contributed by atoms with Crippen LogP contribution in [0.5, 0.6) is 17.5 Å². The molecule has 0 amide bonds. The summed E-state index contributed by atoms with van der Waals surface area (Å²) in [6.45, 7) is 2.31. The number of nitrogens with two attached hydrogens (primary N) is 1. The molecule has 0 saturated heterocycles. The normalized spacial score (nSPS) is 10.1. The maximum absolute atomic E-state index is 9.26. The van der Waals surface area contributed by atoms with Crippen molar-refractivity contribution in [2.24, 2.45) is 5.73 Å². The quantitative estimate of drug-likeness (QED) is 0.615. The van der Waals surface area contributed by atoms with E-state index in [9.17, 15) is 5.26 Å². The van der Waals surface area contributed by atoms with Crippen molar-refractivity contribution in [1.29, 1.82) is 5.26 Å². The smallest absolute Gasteiger partial charge is 0.226 e. The summed E-state index contributed by atoms with van der Waals surface area (Å²) in [5.74, 6) is 4.23. The number of ether oxygens (including phenoxy) is 2. The molecule has 0 spiro atoms. The average Bonchev–Trinajstić information content (AvgIpc) is 2.73. The molecule has 3 aromatic rings. The number of rotatable bonds is 7. The van der Waals surface area contributed by atoms with E-state index in [1.54, 1.807) is 37.5 Å². The van der Waals surface area contributed by atoms with Gasteiger partial charge >= 0.3 is 0 Å². The second-order valence-corrected chi connectivity index (χ2v) is 5.96. The van der Waals surface area contributed by atoms with Crippen LogP contribution in [-0.2, 0) is 6.42 Å². The molecule has 1 aromatic carbocycles. The molecule has 8 heteroatoms. The Balaban J connectivity index is 1.97. The SMILES string of the molecule is C#CCOc1cc(Oc2cc(C#N)ccc2-c2ncc(CCN)cn2)nc(C)n1. The molecule has 3 rings (SSSR count). The number of aryl methyl sites for hydroxylation is 1. The Morgan fingerprint density at radius 1 is 1.14 bits per heavy atom. The minimum Gasteiger partial charge on any atom is -0.464 e. The van der Waals surface area contributed by atoms with Crippen LogP contribution in [0.15, 0.2) is 36.7 Å². The van der Waals surface area contributed by atoms with Crippen LogP contribution in [0.3, 0.4) is 0 Å². The molecule has 2 aromatic heterocycles. The summed E-state index contributed by atoms with van der Waals surface area (Å²) in [6, 6.07) is 8.63. The van der Waals surface area contributed by atoms with Crippen molar-refractivity contribution in [3.63, 3.8) is 0 Å². The standard InChI is InChI=1S/C21H18N6O2/c1-3-8-28-19-10-20(27-14(2)26-19)29-18-9-15(11-23)4-5-17(18)21-24-12-16(6-7-22)13-25-21/h1,4-5,9-10,12-13H,6-8,22H2,2H3. The van der Waals surface area contributed by atoms with Gasteiger partial charge in [-0.1, -0.05) is 5.92 Å². The Bertz CT molecular complexity index is 1080. The molecule has 29 heavy (non-hydrogen) atoms. The molecule has 0 fully saturated rings. The first kappa shape index (κ1) is 19.7. The first-order valence-corrected chi connectivity index (χ1v) is 8.78. The molecule has 2 N–H and O–H groups in total. The van der Waals surface area contributed by atoms with Crippen molar-refractivity contribution in [2.75, 3.05) is 13.2 Å². The van der Waals surface area contributed by atoms with Crippen LogP contribution < -0.4 is 15.2 Å². The lowest BCUT2D eigenvalue weighted by molar-refractivity contribution is 0.348. The van der Waals surface area contributed by atoms with Crippen LogP contribution in [0.4, 0.5) is 0 Å². The topological polar surface area (TPSA) is 120 Å². The number of terminal acetylenes is 1.